The Morgan fingerprint density at radius 3 is 1.68 bits per heavy atom. The lowest BCUT2D eigenvalue weighted by Crippen LogP contribution is -1.98. The number of aromatic nitrogens is 5. The van der Waals surface area contributed by atoms with Gasteiger partial charge in [0.15, 0.2) is 5.82 Å². The zero-order valence-electron chi connectivity index (χ0n) is 30.3. The second kappa shape index (κ2) is 13.0. The molecule has 0 unspecified atom stereocenters. The zero-order valence-corrected chi connectivity index (χ0v) is 30.3. The molecule has 0 fully saturated rings. The van der Waals surface area contributed by atoms with Gasteiger partial charge in [-0.2, -0.15) is 0 Å². The van der Waals surface area contributed by atoms with Crippen molar-refractivity contribution in [3.05, 3.63) is 200 Å². The van der Waals surface area contributed by atoms with Gasteiger partial charge in [-0.05, 0) is 83.9 Å². The summed E-state index contributed by atoms with van der Waals surface area (Å²) in [6.45, 7) is 0. The number of hydrogen-bond donors (Lipinski definition) is 0. The van der Waals surface area contributed by atoms with Crippen LogP contribution in [0.2, 0.25) is 0 Å². The fourth-order valence-electron chi connectivity index (χ4n) is 8.17. The molecule has 0 spiro atoms. The quantitative estimate of drug-likeness (QED) is 0.172. The van der Waals surface area contributed by atoms with Gasteiger partial charge in [-0.1, -0.05) is 121 Å². The van der Waals surface area contributed by atoms with Gasteiger partial charge in [-0.15, -0.1) is 0 Å². The van der Waals surface area contributed by atoms with E-state index in [0.717, 1.165) is 83.5 Å². The van der Waals surface area contributed by atoms with E-state index in [-0.39, 0.29) is 0 Å². The lowest BCUT2D eigenvalue weighted by atomic mass is 10.0. The molecule has 0 saturated heterocycles. The molecule has 0 saturated carbocycles. The molecule has 4 heterocycles. The van der Waals surface area contributed by atoms with Crippen molar-refractivity contribution in [1.82, 2.24) is 24.1 Å². The highest BCUT2D eigenvalue weighted by atomic mass is 15.0. The summed E-state index contributed by atoms with van der Waals surface area (Å²) in [5.41, 5.74) is 14.9. The van der Waals surface area contributed by atoms with Gasteiger partial charge >= 0.3 is 0 Å². The highest BCUT2D eigenvalue weighted by Gasteiger charge is 2.18. The Labute approximate surface area is 323 Å². The zero-order chi connectivity index (χ0) is 37.0. The Kier molecular flexibility index (Phi) is 7.42. The van der Waals surface area contributed by atoms with Crippen molar-refractivity contribution in [3.8, 4) is 56.4 Å². The molecule has 0 aliphatic heterocycles. The standard InChI is InChI=1S/C51H33N5/c1-4-14-34(15-5-1)44-33-45(35-16-6-2-7-17-35)54-51(53-44)38-18-12-21-40(30-38)56-46-23-11-10-22-41(46)43-31-36(26-28-47(43)56)37-25-27-42-49(32-37)55(39-19-8-3-9-20-39)48-24-13-29-52-50(42)48/h1-33H. The maximum Gasteiger partial charge on any atom is 0.160 e. The van der Waals surface area contributed by atoms with Crippen LogP contribution in [0.1, 0.15) is 0 Å². The van der Waals surface area contributed by atoms with Crippen LogP contribution in [0.15, 0.2) is 200 Å². The third-order valence-electron chi connectivity index (χ3n) is 10.8. The van der Waals surface area contributed by atoms with Crippen molar-refractivity contribution in [2.24, 2.45) is 0 Å². The topological polar surface area (TPSA) is 48.5 Å². The Morgan fingerprint density at radius 1 is 0.321 bits per heavy atom. The Hall–Kier alpha value is -7.63. The molecule has 5 nitrogen and oxygen atoms in total. The fourth-order valence-corrected chi connectivity index (χ4v) is 8.17. The molecule has 0 aliphatic carbocycles. The van der Waals surface area contributed by atoms with Crippen LogP contribution in [0, 0.1) is 0 Å². The summed E-state index contributed by atoms with van der Waals surface area (Å²) in [5, 5.41) is 3.54. The van der Waals surface area contributed by atoms with Gasteiger partial charge in [0, 0.05) is 50.4 Å². The SMILES string of the molecule is c1ccc(-c2cc(-c3ccccc3)nc(-c3cccc(-n4c5ccccc5c5cc(-c6ccc7c8ncccc8n(-c8ccccc8)c7c6)ccc54)c3)n2)cc1. The molecule has 7 aromatic carbocycles. The van der Waals surface area contributed by atoms with Crippen LogP contribution in [0.5, 0.6) is 0 Å². The molecule has 56 heavy (non-hydrogen) atoms. The van der Waals surface area contributed by atoms with E-state index < -0.39 is 0 Å². The van der Waals surface area contributed by atoms with E-state index in [2.05, 4.69) is 161 Å². The number of para-hydroxylation sites is 2. The average molecular weight is 716 g/mol. The molecule has 5 heteroatoms. The molecular weight excluding hydrogens is 683 g/mol. The van der Waals surface area contributed by atoms with Crippen molar-refractivity contribution < 1.29 is 0 Å². The molecule has 0 bridgehead atoms. The lowest BCUT2D eigenvalue weighted by Gasteiger charge is -2.12. The van der Waals surface area contributed by atoms with E-state index in [1.807, 2.05) is 48.7 Å². The minimum atomic E-state index is 0.689. The Bertz CT molecular complexity index is 3180. The predicted molar refractivity (Wildman–Crippen MR) is 230 cm³/mol. The van der Waals surface area contributed by atoms with E-state index in [1.54, 1.807) is 0 Å². The molecule has 262 valence electrons. The van der Waals surface area contributed by atoms with Gasteiger partial charge in [0.1, 0.15) is 0 Å². The number of benzene rings is 7. The molecule has 11 aromatic rings. The molecule has 0 aliphatic rings. The largest absolute Gasteiger partial charge is 0.309 e. The van der Waals surface area contributed by atoms with E-state index in [4.69, 9.17) is 15.0 Å². The van der Waals surface area contributed by atoms with E-state index in [1.165, 1.54) is 10.8 Å². The summed E-state index contributed by atoms with van der Waals surface area (Å²) in [6.07, 6.45) is 1.88. The van der Waals surface area contributed by atoms with Crippen LogP contribution < -0.4 is 0 Å². The second-order valence-corrected chi connectivity index (χ2v) is 14.1. The number of rotatable bonds is 6. The average Bonchev–Trinajstić information content (AvgIpc) is 3.79. The highest BCUT2D eigenvalue weighted by Crippen LogP contribution is 2.38. The van der Waals surface area contributed by atoms with Crippen LogP contribution in [0.25, 0.3) is 100 Å². The van der Waals surface area contributed by atoms with Gasteiger partial charge in [0.2, 0.25) is 0 Å². The third kappa shape index (κ3) is 5.29. The lowest BCUT2D eigenvalue weighted by molar-refractivity contribution is 1.16. The van der Waals surface area contributed by atoms with Gasteiger partial charge in [0.05, 0.1) is 39.0 Å². The summed E-state index contributed by atoms with van der Waals surface area (Å²) in [4.78, 5) is 15.0. The Morgan fingerprint density at radius 2 is 0.911 bits per heavy atom. The van der Waals surface area contributed by atoms with E-state index >= 15 is 0 Å². The van der Waals surface area contributed by atoms with Crippen LogP contribution in [-0.2, 0) is 0 Å². The van der Waals surface area contributed by atoms with Crippen molar-refractivity contribution in [2.75, 3.05) is 0 Å². The summed E-state index contributed by atoms with van der Waals surface area (Å²) in [6, 6.07) is 68.3. The predicted octanol–water partition coefficient (Wildman–Crippen LogP) is 12.7. The normalized spacial score (nSPS) is 11.6. The molecule has 0 radical (unpaired) electrons. The van der Waals surface area contributed by atoms with Crippen LogP contribution >= 0.6 is 0 Å². The van der Waals surface area contributed by atoms with Gasteiger partial charge in [-0.3, -0.25) is 4.98 Å². The Balaban J connectivity index is 1.06. The molecule has 4 aromatic heterocycles. The fraction of sp³-hybridized carbons (Fsp3) is 0. The van der Waals surface area contributed by atoms with E-state index in [9.17, 15) is 0 Å². The van der Waals surface area contributed by atoms with Crippen LogP contribution in [0.4, 0.5) is 0 Å². The summed E-state index contributed by atoms with van der Waals surface area (Å²) < 4.78 is 4.68. The first kappa shape index (κ1) is 31.9. The highest BCUT2D eigenvalue weighted by molar-refractivity contribution is 6.11. The summed E-state index contributed by atoms with van der Waals surface area (Å²) >= 11 is 0. The third-order valence-corrected chi connectivity index (χ3v) is 10.8. The van der Waals surface area contributed by atoms with Crippen molar-refractivity contribution in [1.29, 1.82) is 0 Å². The second-order valence-electron chi connectivity index (χ2n) is 14.1. The molecule has 0 atom stereocenters. The molecular formula is C51H33N5. The van der Waals surface area contributed by atoms with Crippen molar-refractivity contribution in [2.45, 2.75) is 0 Å². The van der Waals surface area contributed by atoms with E-state index in [0.29, 0.717) is 5.82 Å². The number of hydrogen-bond acceptors (Lipinski definition) is 3. The molecule has 0 amide bonds. The number of pyridine rings is 1. The van der Waals surface area contributed by atoms with Gasteiger partial charge < -0.3 is 9.13 Å². The number of nitrogens with zero attached hydrogens (tertiary/aromatic N) is 5. The maximum atomic E-state index is 5.13. The maximum absolute atomic E-state index is 5.13. The minimum absolute atomic E-state index is 0.689. The van der Waals surface area contributed by atoms with Crippen LogP contribution in [0.3, 0.4) is 0 Å². The monoisotopic (exact) mass is 715 g/mol. The van der Waals surface area contributed by atoms with Gasteiger partial charge in [0.25, 0.3) is 0 Å². The summed E-state index contributed by atoms with van der Waals surface area (Å²) in [5.74, 6) is 0.689. The summed E-state index contributed by atoms with van der Waals surface area (Å²) in [7, 11) is 0. The van der Waals surface area contributed by atoms with Crippen molar-refractivity contribution >= 4 is 43.7 Å². The number of fused-ring (bicyclic) bond motifs is 6. The first-order valence-corrected chi connectivity index (χ1v) is 18.9. The minimum Gasteiger partial charge on any atom is -0.309 e. The molecule has 11 rings (SSSR count). The molecule has 0 N–H and O–H groups in total. The van der Waals surface area contributed by atoms with Crippen molar-refractivity contribution in [3.63, 3.8) is 0 Å². The first-order valence-electron chi connectivity index (χ1n) is 18.9. The van der Waals surface area contributed by atoms with Crippen LogP contribution in [-0.4, -0.2) is 24.1 Å². The smallest absolute Gasteiger partial charge is 0.160 e. The van der Waals surface area contributed by atoms with Gasteiger partial charge in [-0.25, -0.2) is 9.97 Å². The first-order chi connectivity index (χ1) is 27.8.